The van der Waals surface area contributed by atoms with Gasteiger partial charge in [0.1, 0.15) is 5.82 Å². The summed E-state index contributed by atoms with van der Waals surface area (Å²) in [5, 5.41) is 12.1. The van der Waals surface area contributed by atoms with Crippen LogP contribution in [-0.2, 0) is 11.2 Å². The van der Waals surface area contributed by atoms with Gasteiger partial charge in [-0.15, -0.1) is 11.3 Å². The SMILES string of the molecule is O=C([O-])Cc1nc(-c2cc3ccccc3s2)oc1-c1ccc(Cl)c(F)c1. The van der Waals surface area contributed by atoms with Crippen LogP contribution >= 0.6 is 22.9 Å². The van der Waals surface area contributed by atoms with E-state index in [0.29, 0.717) is 5.56 Å². The van der Waals surface area contributed by atoms with E-state index in [1.807, 2.05) is 30.3 Å². The van der Waals surface area contributed by atoms with E-state index in [1.54, 1.807) is 6.07 Å². The molecule has 0 amide bonds. The molecule has 2 aromatic carbocycles. The maximum absolute atomic E-state index is 13.8. The third-order valence-electron chi connectivity index (χ3n) is 3.83. The van der Waals surface area contributed by atoms with Gasteiger partial charge in [-0.05, 0) is 35.7 Å². The smallest absolute Gasteiger partial charge is 0.237 e. The fourth-order valence-electron chi connectivity index (χ4n) is 2.66. The molecule has 0 unspecified atom stereocenters. The minimum atomic E-state index is -1.29. The number of carboxylic acid groups (broad SMARTS) is 1. The van der Waals surface area contributed by atoms with Gasteiger partial charge in [-0.25, -0.2) is 9.37 Å². The summed E-state index contributed by atoms with van der Waals surface area (Å²) >= 11 is 7.19. The average Bonchev–Trinajstić information content (AvgIpc) is 3.20. The van der Waals surface area contributed by atoms with Gasteiger partial charge in [-0.2, -0.15) is 0 Å². The number of nitrogens with zero attached hydrogens (tertiary/aromatic N) is 1. The number of thiophene rings is 1. The summed E-state index contributed by atoms with van der Waals surface area (Å²) in [7, 11) is 0. The molecule has 0 aliphatic heterocycles. The largest absolute Gasteiger partial charge is 0.550 e. The Hall–Kier alpha value is -2.70. The Balaban J connectivity index is 1.85. The van der Waals surface area contributed by atoms with Crippen molar-refractivity contribution in [3.63, 3.8) is 0 Å². The van der Waals surface area contributed by atoms with Crippen molar-refractivity contribution in [2.24, 2.45) is 0 Å². The summed E-state index contributed by atoms with van der Waals surface area (Å²) in [5.41, 5.74) is 0.544. The van der Waals surface area contributed by atoms with Gasteiger partial charge in [0.15, 0.2) is 5.76 Å². The van der Waals surface area contributed by atoms with E-state index < -0.39 is 18.2 Å². The molecule has 4 nitrogen and oxygen atoms in total. The third-order valence-corrected chi connectivity index (χ3v) is 5.24. The van der Waals surface area contributed by atoms with Crippen LogP contribution < -0.4 is 5.11 Å². The van der Waals surface area contributed by atoms with Crippen molar-refractivity contribution in [1.82, 2.24) is 4.98 Å². The summed E-state index contributed by atoms with van der Waals surface area (Å²) in [6.45, 7) is 0. The van der Waals surface area contributed by atoms with Crippen LogP contribution in [0.4, 0.5) is 4.39 Å². The highest BCUT2D eigenvalue weighted by atomic mass is 35.5. The lowest BCUT2D eigenvalue weighted by Gasteiger charge is -2.03. The minimum absolute atomic E-state index is 0.0283. The highest BCUT2D eigenvalue weighted by molar-refractivity contribution is 7.22. The number of carbonyl (C=O) groups is 1. The van der Waals surface area contributed by atoms with Crippen molar-refractivity contribution in [1.29, 1.82) is 0 Å². The number of fused-ring (bicyclic) bond motifs is 1. The highest BCUT2D eigenvalue weighted by Gasteiger charge is 2.19. The molecule has 0 spiro atoms. The molecule has 0 aliphatic rings. The lowest BCUT2D eigenvalue weighted by Crippen LogP contribution is -2.24. The molecular weight excluding hydrogens is 377 g/mol. The third kappa shape index (κ3) is 3.09. The summed E-state index contributed by atoms with van der Waals surface area (Å²) in [6, 6.07) is 13.9. The molecule has 0 saturated heterocycles. The van der Waals surface area contributed by atoms with Crippen LogP contribution in [0.5, 0.6) is 0 Å². The fourth-order valence-corrected chi connectivity index (χ4v) is 3.77. The number of carbonyl (C=O) groups excluding carboxylic acids is 1. The first kappa shape index (κ1) is 16.8. The number of aliphatic carboxylic acids is 1. The molecule has 0 N–H and O–H groups in total. The minimum Gasteiger partial charge on any atom is -0.550 e. The lowest BCUT2D eigenvalue weighted by molar-refractivity contribution is -0.304. The van der Waals surface area contributed by atoms with E-state index in [9.17, 15) is 14.3 Å². The first-order valence-corrected chi connectivity index (χ1v) is 8.84. The summed E-state index contributed by atoms with van der Waals surface area (Å²) in [4.78, 5) is 16.1. The molecule has 26 heavy (non-hydrogen) atoms. The number of aromatic nitrogens is 1. The first-order chi connectivity index (χ1) is 12.5. The van der Waals surface area contributed by atoms with Gasteiger partial charge in [-0.3, -0.25) is 0 Å². The van der Waals surface area contributed by atoms with Crippen LogP contribution in [0.3, 0.4) is 0 Å². The van der Waals surface area contributed by atoms with E-state index in [0.717, 1.165) is 15.0 Å². The maximum atomic E-state index is 13.8. The Bertz CT molecular complexity index is 1100. The Morgan fingerprint density at radius 3 is 2.77 bits per heavy atom. The number of hydrogen-bond acceptors (Lipinski definition) is 5. The maximum Gasteiger partial charge on any atom is 0.237 e. The van der Waals surface area contributed by atoms with Crippen molar-refractivity contribution < 1.29 is 18.7 Å². The Morgan fingerprint density at radius 1 is 1.23 bits per heavy atom. The molecule has 0 saturated carbocycles. The zero-order valence-electron chi connectivity index (χ0n) is 13.2. The van der Waals surface area contributed by atoms with Crippen LogP contribution in [0.2, 0.25) is 5.02 Å². The normalized spacial score (nSPS) is 11.2. The first-order valence-electron chi connectivity index (χ1n) is 7.65. The quantitative estimate of drug-likeness (QED) is 0.524. The number of rotatable bonds is 4. The second-order valence-corrected chi connectivity index (χ2v) is 7.11. The Kier molecular flexibility index (Phi) is 4.22. The predicted molar refractivity (Wildman–Crippen MR) is 96.4 cm³/mol. The molecule has 0 aliphatic carbocycles. The number of hydrogen-bond donors (Lipinski definition) is 0. The van der Waals surface area contributed by atoms with Gasteiger partial charge in [0.2, 0.25) is 5.89 Å². The van der Waals surface area contributed by atoms with Crippen molar-refractivity contribution in [3.05, 3.63) is 65.1 Å². The van der Waals surface area contributed by atoms with Crippen LogP contribution in [0.15, 0.2) is 52.9 Å². The standard InChI is InChI=1S/C19H11ClFNO3S/c20-12-6-5-11(7-13(12)21)18-14(9-17(23)24)22-19(25-18)16-8-10-3-1-2-4-15(10)26-16/h1-8H,9H2,(H,23,24)/p-1. The summed E-state index contributed by atoms with van der Waals surface area (Å²) in [5.74, 6) is -1.44. The zero-order valence-corrected chi connectivity index (χ0v) is 14.7. The summed E-state index contributed by atoms with van der Waals surface area (Å²) in [6.07, 6.45) is -0.437. The molecule has 0 bridgehead atoms. The number of oxazole rings is 1. The van der Waals surface area contributed by atoms with Crippen molar-refractivity contribution >= 4 is 39.0 Å². The molecule has 4 aromatic rings. The van der Waals surface area contributed by atoms with E-state index in [4.69, 9.17) is 16.0 Å². The molecule has 0 fully saturated rings. The van der Waals surface area contributed by atoms with Crippen LogP contribution in [0.1, 0.15) is 5.69 Å². The van der Waals surface area contributed by atoms with Crippen molar-refractivity contribution in [3.8, 4) is 22.1 Å². The molecule has 130 valence electrons. The summed E-state index contributed by atoms with van der Waals surface area (Å²) < 4.78 is 20.7. The molecular formula is C19H10ClFNO3S-. The molecule has 4 rings (SSSR count). The van der Waals surface area contributed by atoms with Gasteiger partial charge in [-0.1, -0.05) is 29.8 Å². The van der Waals surface area contributed by atoms with Crippen molar-refractivity contribution in [2.45, 2.75) is 6.42 Å². The lowest BCUT2D eigenvalue weighted by atomic mass is 10.1. The van der Waals surface area contributed by atoms with Gasteiger partial charge in [0.25, 0.3) is 0 Å². The van der Waals surface area contributed by atoms with Crippen molar-refractivity contribution in [2.75, 3.05) is 0 Å². The van der Waals surface area contributed by atoms with Crippen LogP contribution in [0, 0.1) is 5.82 Å². The second kappa shape index (κ2) is 6.55. The van der Waals surface area contributed by atoms with E-state index in [2.05, 4.69) is 4.98 Å². The number of halogens is 2. The molecule has 0 atom stereocenters. The highest BCUT2D eigenvalue weighted by Crippen LogP contribution is 2.37. The monoisotopic (exact) mass is 386 g/mol. The van der Waals surface area contributed by atoms with Gasteiger partial charge in [0.05, 0.1) is 15.6 Å². The predicted octanol–water partition coefficient (Wildman–Crippen LogP) is 4.31. The molecule has 7 heteroatoms. The fraction of sp³-hybridized carbons (Fsp3) is 0.0526. The van der Waals surface area contributed by atoms with E-state index in [1.165, 1.54) is 23.5 Å². The van der Waals surface area contributed by atoms with E-state index >= 15 is 0 Å². The van der Waals surface area contributed by atoms with Gasteiger partial charge >= 0.3 is 0 Å². The topological polar surface area (TPSA) is 66.2 Å². The van der Waals surface area contributed by atoms with Crippen LogP contribution in [0.25, 0.3) is 32.2 Å². The molecule has 2 heterocycles. The second-order valence-electron chi connectivity index (χ2n) is 5.62. The van der Waals surface area contributed by atoms with E-state index in [-0.39, 0.29) is 22.4 Å². The number of benzene rings is 2. The molecule has 0 radical (unpaired) electrons. The molecule has 2 aromatic heterocycles. The van der Waals surface area contributed by atoms with Crippen LogP contribution in [-0.4, -0.2) is 11.0 Å². The number of carboxylic acids is 1. The Morgan fingerprint density at radius 2 is 2.04 bits per heavy atom. The van der Waals surface area contributed by atoms with Gasteiger partial charge < -0.3 is 14.3 Å². The van der Waals surface area contributed by atoms with Gasteiger partial charge in [0, 0.05) is 22.7 Å². The zero-order chi connectivity index (χ0) is 18.3. The average molecular weight is 387 g/mol. The Labute approximate surface area is 156 Å².